The van der Waals surface area contributed by atoms with Crippen molar-refractivity contribution in [1.29, 1.82) is 0 Å². The number of benzene rings is 1. The molecule has 0 aromatic heterocycles. The maximum Gasteiger partial charge on any atom is 0.191 e. The van der Waals surface area contributed by atoms with Gasteiger partial charge in [0.1, 0.15) is 0 Å². The van der Waals surface area contributed by atoms with Crippen LogP contribution in [0.2, 0.25) is 0 Å². The summed E-state index contributed by atoms with van der Waals surface area (Å²) in [6.45, 7) is 11.7. The van der Waals surface area contributed by atoms with E-state index in [0.717, 1.165) is 12.5 Å². The van der Waals surface area contributed by atoms with Crippen molar-refractivity contribution in [2.75, 3.05) is 7.05 Å². The van der Waals surface area contributed by atoms with E-state index < -0.39 is 0 Å². The fraction of sp³-hybridized carbons (Fsp3) is 0.562. The summed E-state index contributed by atoms with van der Waals surface area (Å²) in [6, 6.07) is 6.95. The van der Waals surface area contributed by atoms with Gasteiger partial charge in [-0.05, 0) is 37.8 Å². The van der Waals surface area contributed by atoms with Crippen molar-refractivity contribution >= 4 is 5.96 Å². The Balaban J connectivity index is 2.59. The van der Waals surface area contributed by atoms with E-state index in [-0.39, 0.29) is 0 Å². The van der Waals surface area contributed by atoms with Crippen molar-refractivity contribution in [2.24, 2.45) is 10.9 Å². The highest BCUT2D eigenvalue weighted by atomic mass is 15.2. The molecule has 106 valence electrons. The van der Waals surface area contributed by atoms with Gasteiger partial charge in [-0.15, -0.1) is 0 Å². The molecule has 1 rings (SSSR count). The van der Waals surface area contributed by atoms with Gasteiger partial charge in [0.05, 0.1) is 0 Å². The molecule has 3 heteroatoms. The summed E-state index contributed by atoms with van der Waals surface area (Å²) >= 11 is 0. The second-order valence-corrected chi connectivity index (χ2v) is 5.53. The zero-order valence-electron chi connectivity index (χ0n) is 13.0. The van der Waals surface area contributed by atoms with E-state index >= 15 is 0 Å². The normalized spacial score (nSPS) is 13.5. The van der Waals surface area contributed by atoms with Gasteiger partial charge < -0.3 is 10.6 Å². The van der Waals surface area contributed by atoms with Gasteiger partial charge in [-0.3, -0.25) is 4.99 Å². The Morgan fingerprint density at radius 1 is 1.21 bits per heavy atom. The topological polar surface area (TPSA) is 36.4 Å². The highest BCUT2D eigenvalue weighted by molar-refractivity contribution is 5.79. The van der Waals surface area contributed by atoms with E-state index in [1.54, 1.807) is 0 Å². The molecule has 3 nitrogen and oxygen atoms in total. The number of nitrogens with zero attached hydrogens (tertiary/aromatic N) is 1. The Morgan fingerprint density at radius 3 is 2.42 bits per heavy atom. The Labute approximate surface area is 117 Å². The molecule has 1 atom stereocenters. The maximum absolute atomic E-state index is 4.27. The summed E-state index contributed by atoms with van der Waals surface area (Å²) in [4.78, 5) is 4.27. The number of guanidine groups is 1. The molecule has 0 aliphatic carbocycles. The molecule has 0 fully saturated rings. The molecule has 0 bridgehead atoms. The number of aryl methyl sites for hydroxylation is 2. The van der Waals surface area contributed by atoms with Crippen LogP contribution in [0.4, 0.5) is 0 Å². The van der Waals surface area contributed by atoms with E-state index in [2.05, 4.69) is 68.4 Å². The molecule has 1 aromatic carbocycles. The van der Waals surface area contributed by atoms with Gasteiger partial charge in [0.2, 0.25) is 0 Å². The van der Waals surface area contributed by atoms with Crippen molar-refractivity contribution < 1.29 is 0 Å². The lowest BCUT2D eigenvalue weighted by molar-refractivity contribution is 0.481. The molecule has 0 amide bonds. The minimum Gasteiger partial charge on any atom is -0.354 e. The van der Waals surface area contributed by atoms with Crippen molar-refractivity contribution in [1.82, 2.24) is 10.6 Å². The number of hydrogen-bond donors (Lipinski definition) is 2. The number of aliphatic imine (C=N–C) groups is 1. The van der Waals surface area contributed by atoms with Crippen LogP contribution in [0.3, 0.4) is 0 Å². The summed E-state index contributed by atoms with van der Waals surface area (Å²) < 4.78 is 0. The highest BCUT2D eigenvalue weighted by Gasteiger charge is 2.09. The zero-order valence-corrected chi connectivity index (χ0v) is 13.0. The molecule has 1 unspecified atom stereocenters. The standard InChI is InChI=1S/C16H27N3/c1-11(2)14(5)19-16(17-6)18-10-15-8-7-12(3)9-13(15)4/h7-9,11,14H,10H2,1-6H3,(H2,17,18,19). The Kier molecular flexibility index (Phi) is 5.87. The van der Waals surface area contributed by atoms with Crippen molar-refractivity contribution in [2.45, 2.75) is 47.2 Å². The third-order valence-corrected chi connectivity index (χ3v) is 3.53. The third kappa shape index (κ3) is 4.93. The summed E-state index contributed by atoms with van der Waals surface area (Å²) in [5.41, 5.74) is 3.93. The number of rotatable bonds is 4. The van der Waals surface area contributed by atoms with Crippen LogP contribution in [-0.4, -0.2) is 19.0 Å². The smallest absolute Gasteiger partial charge is 0.191 e. The van der Waals surface area contributed by atoms with E-state index in [9.17, 15) is 0 Å². The van der Waals surface area contributed by atoms with E-state index in [1.165, 1.54) is 16.7 Å². The molecule has 0 saturated heterocycles. The quantitative estimate of drug-likeness (QED) is 0.645. The molecule has 0 heterocycles. The van der Waals surface area contributed by atoms with Crippen LogP contribution < -0.4 is 10.6 Å². The maximum atomic E-state index is 4.27. The molecule has 2 N–H and O–H groups in total. The minimum absolute atomic E-state index is 0.408. The van der Waals surface area contributed by atoms with Crippen LogP contribution >= 0.6 is 0 Å². The van der Waals surface area contributed by atoms with Gasteiger partial charge in [0.25, 0.3) is 0 Å². The Morgan fingerprint density at radius 2 is 1.89 bits per heavy atom. The SMILES string of the molecule is CN=C(NCc1ccc(C)cc1C)NC(C)C(C)C. The molecule has 1 aromatic rings. The van der Waals surface area contributed by atoms with Crippen LogP contribution in [0.25, 0.3) is 0 Å². The number of nitrogens with one attached hydrogen (secondary N) is 2. The lowest BCUT2D eigenvalue weighted by Gasteiger charge is -2.21. The molecule has 0 aliphatic heterocycles. The van der Waals surface area contributed by atoms with Gasteiger partial charge >= 0.3 is 0 Å². The van der Waals surface area contributed by atoms with E-state index in [0.29, 0.717) is 12.0 Å². The molecule has 0 aliphatic rings. The predicted molar refractivity (Wildman–Crippen MR) is 83.6 cm³/mol. The van der Waals surface area contributed by atoms with Gasteiger partial charge in [0, 0.05) is 19.6 Å². The molecule has 0 radical (unpaired) electrons. The third-order valence-electron chi connectivity index (χ3n) is 3.53. The van der Waals surface area contributed by atoms with Crippen LogP contribution in [-0.2, 0) is 6.54 Å². The first kappa shape index (κ1) is 15.5. The van der Waals surface area contributed by atoms with E-state index in [1.807, 2.05) is 7.05 Å². The molecule has 0 saturated carbocycles. The van der Waals surface area contributed by atoms with Crippen molar-refractivity contribution in [3.8, 4) is 0 Å². The number of hydrogen-bond acceptors (Lipinski definition) is 1. The summed E-state index contributed by atoms with van der Waals surface area (Å²) in [5.74, 6) is 1.45. The van der Waals surface area contributed by atoms with Crippen molar-refractivity contribution in [3.05, 3.63) is 34.9 Å². The first-order chi connectivity index (χ1) is 8.93. The largest absolute Gasteiger partial charge is 0.354 e. The van der Waals surface area contributed by atoms with Gasteiger partial charge in [-0.2, -0.15) is 0 Å². The van der Waals surface area contributed by atoms with Crippen LogP contribution in [0.1, 0.15) is 37.5 Å². The predicted octanol–water partition coefficient (Wildman–Crippen LogP) is 3.01. The van der Waals surface area contributed by atoms with Gasteiger partial charge in [0.15, 0.2) is 5.96 Å². The first-order valence-corrected chi connectivity index (χ1v) is 6.97. The second-order valence-electron chi connectivity index (χ2n) is 5.53. The lowest BCUT2D eigenvalue weighted by Crippen LogP contribution is -2.43. The average molecular weight is 261 g/mol. The van der Waals surface area contributed by atoms with Crippen molar-refractivity contribution in [3.63, 3.8) is 0 Å². The van der Waals surface area contributed by atoms with Crippen LogP contribution in [0, 0.1) is 19.8 Å². The monoisotopic (exact) mass is 261 g/mol. The summed E-state index contributed by atoms with van der Waals surface area (Å²) in [6.07, 6.45) is 0. The first-order valence-electron chi connectivity index (χ1n) is 6.97. The fourth-order valence-electron chi connectivity index (χ4n) is 1.80. The zero-order chi connectivity index (χ0) is 14.4. The molecule has 0 spiro atoms. The summed E-state index contributed by atoms with van der Waals surface area (Å²) in [5, 5.41) is 6.78. The Bertz CT molecular complexity index is 436. The fourth-order valence-corrected chi connectivity index (χ4v) is 1.80. The molecular formula is C16H27N3. The van der Waals surface area contributed by atoms with Gasteiger partial charge in [-0.1, -0.05) is 37.6 Å². The summed E-state index contributed by atoms with van der Waals surface area (Å²) in [7, 11) is 1.81. The molecular weight excluding hydrogens is 234 g/mol. The highest BCUT2D eigenvalue weighted by Crippen LogP contribution is 2.10. The second kappa shape index (κ2) is 7.17. The average Bonchev–Trinajstić information content (AvgIpc) is 2.35. The minimum atomic E-state index is 0.408. The van der Waals surface area contributed by atoms with Gasteiger partial charge in [-0.25, -0.2) is 0 Å². The Hall–Kier alpha value is -1.51. The molecule has 19 heavy (non-hydrogen) atoms. The van der Waals surface area contributed by atoms with Crippen LogP contribution in [0.15, 0.2) is 23.2 Å². The van der Waals surface area contributed by atoms with Crippen LogP contribution in [0.5, 0.6) is 0 Å². The lowest BCUT2D eigenvalue weighted by atomic mass is 10.1. The van der Waals surface area contributed by atoms with E-state index in [4.69, 9.17) is 0 Å².